The van der Waals surface area contributed by atoms with Gasteiger partial charge in [0.1, 0.15) is 6.61 Å². The Hall–Kier alpha value is -1.69. The number of ether oxygens (including phenoxy) is 1. The van der Waals surface area contributed by atoms with Crippen molar-refractivity contribution in [3.8, 4) is 0 Å². The van der Waals surface area contributed by atoms with Crippen LogP contribution in [0.5, 0.6) is 0 Å². The van der Waals surface area contributed by atoms with Crippen molar-refractivity contribution in [2.75, 3.05) is 31.7 Å². The molecule has 2 heterocycles. The molecule has 6 heteroatoms. The SMILES string of the molecule is COCC(=O)NC1CCN(c2ncccn2)CC1. The molecular formula is C12H18N4O2. The third kappa shape index (κ3) is 3.40. The zero-order valence-corrected chi connectivity index (χ0v) is 10.5. The molecule has 0 spiro atoms. The number of rotatable bonds is 4. The Balaban J connectivity index is 1.80. The van der Waals surface area contributed by atoms with Crippen molar-refractivity contribution in [3.05, 3.63) is 18.5 Å². The number of nitrogens with zero attached hydrogens (tertiary/aromatic N) is 3. The first-order chi connectivity index (χ1) is 8.79. The molecule has 0 unspecified atom stereocenters. The van der Waals surface area contributed by atoms with Gasteiger partial charge < -0.3 is 15.0 Å². The van der Waals surface area contributed by atoms with Crippen LogP contribution in [-0.2, 0) is 9.53 Å². The van der Waals surface area contributed by atoms with Crippen LogP contribution < -0.4 is 10.2 Å². The van der Waals surface area contributed by atoms with Crippen LogP contribution >= 0.6 is 0 Å². The molecular weight excluding hydrogens is 232 g/mol. The molecule has 0 atom stereocenters. The number of carbonyl (C=O) groups is 1. The van der Waals surface area contributed by atoms with Gasteiger partial charge in [0.15, 0.2) is 0 Å². The van der Waals surface area contributed by atoms with Crippen molar-refractivity contribution < 1.29 is 9.53 Å². The Labute approximate surface area is 106 Å². The molecule has 1 aromatic rings. The van der Waals surface area contributed by atoms with Crippen LogP contribution in [0.1, 0.15) is 12.8 Å². The zero-order chi connectivity index (χ0) is 12.8. The molecule has 1 fully saturated rings. The van der Waals surface area contributed by atoms with Crippen LogP contribution in [-0.4, -0.2) is 48.7 Å². The largest absolute Gasteiger partial charge is 0.375 e. The highest BCUT2D eigenvalue weighted by Gasteiger charge is 2.21. The summed E-state index contributed by atoms with van der Waals surface area (Å²) >= 11 is 0. The van der Waals surface area contributed by atoms with Crippen molar-refractivity contribution in [2.24, 2.45) is 0 Å². The lowest BCUT2D eigenvalue weighted by Gasteiger charge is -2.32. The van der Waals surface area contributed by atoms with E-state index in [0.29, 0.717) is 0 Å². The summed E-state index contributed by atoms with van der Waals surface area (Å²) in [5.74, 6) is 0.714. The molecule has 1 amide bonds. The molecule has 1 N–H and O–H groups in total. The molecule has 0 radical (unpaired) electrons. The van der Waals surface area contributed by atoms with Crippen molar-refractivity contribution in [2.45, 2.75) is 18.9 Å². The van der Waals surface area contributed by atoms with Crippen LogP contribution in [0.25, 0.3) is 0 Å². The molecule has 1 aliphatic rings. The van der Waals surface area contributed by atoms with Gasteiger partial charge in [-0.3, -0.25) is 4.79 Å². The standard InChI is InChI=1S/C12H18N4O2/c1-18-9-11(17)15-10-3-7-16(8-4-10)12-13-5-2-6-14-12/h2,5-6,10H,3-4,7-9H2,1H3,(H,15,17). The van der Waals surface area contributed by atoms with E-state index in [2.05, 4.69) is 20.2 Å². The molecule has 2 rings (SSSR count). The number of nitrogens with one attached hydrogen (secondary N) is 1. The predicted molar refractivity (Wildman–Crippen MR) is 67.3 cm³/mol. The number of hydrogen-bond donors (Lipinski definition) is 1. The number of carbonyl (C=O) groups excluding carboxylic acids is 1. The number of hydrogen-bond acceptors (Lipinski definition) is 5. The van der Waals surface area contributed by atoms with Gasteiger partial charge in [0, 0.05) is 38.6 Å². The number of anilines is 1. The van der Waals surface area contributed by atoms with Crippen molar-refractivity contribution in [3.63, 3.8) is 0 Å². The van der Waals surface area contributed by atoms with Gasteiger partial charge in [-0.15, -0.1) is 0 Å². The molecule has 1 aromatic heterocycles. The van der Waals surface area contributed by atoms with E-state index < -0.39 is 0 Å². The summed E-state index contributed by atoms with van der Waals surface area (Å²) in [4.78, 5) is 22.0. The molecule has 98 valence electrons. The highest BCUT2D eigenvalue weighted by atomic mass is 16.5. The fourth-order valence-electron chi connectivity index (χ4n) is 2.08. The lowest BCUT2D eigenvalue weighted by Crippen LogP contribution is -2.46. The number of piperidine rings is 1. The van der Waals surface area contributed by atoms with E-state index in [1.807, 2.05) is 0 Å². The summed E-state index contributed by atoms with van der Waals surface area (Å²) in [6.45, 7) is 1.85. The van der Waals surface area contributed by atoms with Crippen LogP contribution in [0.15, 0.2) is 18.5 Å². The second kappa shape index (κ2) is 6.30. The summed E-state index contributed by atoms with van der Waals surface area (Å²) < 4.78 is 4.79. The molecule has 1 saturated heterocycles. The smallest absolute Gasteiger partial charge is 0.246 e. The van der Waals surface area contributed by atoms with Crippen molar-refractivity contribution in [1.82, 2.24) is 15.3 Å². The van der Waals surface area contributed by atoms with E-state index in [0.717, 1.165) is 31.9 Å². The fraction of sp³-hybridized carbons (Fsp3) is 0.583. The van der Waals surface area contributed by atoms with E-state index in [1.165, 1.54) is 7.11 Å². The highest BCUT2D eigenvalue weighted by molar-refractivity contribution is 5.77. The topological polar surface area (TPSA) is 67.3 Å². The molecule has 1 aliphatic heterocycles. The van der Waals surface area contributed by atoms with Crippen LogP contribution in [0.2, 0.25) is 0 Å². The minimum atomic E-state index is -0.0492. The van der Waals surface area contributed by atoms with E-state index in [9.17, 15) is 4.79 Å². The second-order valence-electron chi connectivity index (χ2n) is 4.31. The van der Waals surface area contributed by atoms with Gasteiger partial charge in [0.2, 0.25) is 11.9 Å². The lowest BCUT2D eigenvalue weighted by molar-refractivity contribution is -0.125. The lowest BCUT2D eigenvalue weighted by atomic mass is 10.1. The molecule has 0 bridgehead atoms. The Morgan fingerprint density at radius 2 is 2.11 bits per heavy atom. The average Bonchev–Trinajstić information content (AvgIpc) is 2.41. The van der Waals surface area contributed by atoms with E-state index in [1.54, 1.807) is 18.5 Å². The Bertz CT molecular complexity index is 377. The van der Waals surface area contributed by atoms with Gasteiger partial charge in [0.25, 0.3) is 0 Å². The first-order valence-electron chi connectivity index (χ1n) is 6.10. The molecule has 0 aromatic carbocycles. The van der Waals surface area contributed by atoms with Gasteiger partial charge in [-0.25, -0.2) is 9.97 Å². The summed E-state index contributed by atoms with van der Waals surface area (Å²) in [5.41, 5.74) is 0. The van der Waals surface area contributed by atoms with Gasteiger partial charge >= 0.3 is 0 Å². The normalized spacial score (nSPS) is 16.6. The highest BCUT2D eigenvalue weighted by Crippen LogP contribution is 2.15. The maximum atomic E-state index is 11.4. The van der Waals surface area contributed by atoms with Crippen LogP contribution in [0.3, 0.4) is 0 Å². The van der Waals surface area contributed by atoms with Gasteiger partial charge in [-0.05, 0) is 18.9 Å². The zero-order valence-electron chi connectivity index (χ0n) is 10.5. The first kappa shape index (κ1) is 12.8. The summed E-state index contributed by atoms with van der Waals surface area (Å²) in [6.07, 6.45) is 5.31. The third-order valence-electron chi connectivity index (χ3n) is 2.97. The quantitative estimate of drug-likeness (QED) is 0.827. The number of amides is 1. The molecule has 0 aliphatic carbocycles. The molecule has 6 nitrogen and oxygen atoms in total. The fourth-order valence-corrected chi connectivity index (χ4v) is 2.08. The maximum absolute atomic E-state index is 11.4. The third-order valence-corrected chi connectivity index (χ3v) is 2.97. The van der Waals surface area contributed by atoms with Crippen molar-refractivity contribution >= 4 is 11.9 Å². The Kier molecular flexibility index (Phi) is 4.46. The Morgan fingerprint density at radius 3 is 2.72 bits per heavy atom. The van der Waals surface area contributed by atoms with Crippen molar-refractivity contribution in [1.29, 1.82) is 0 Å². The van der Waals surface area contributed by atoms with Crippen LogP contribution in [0.4, 0.5) is 5.95 Å². The van der Waals surface area contributed by atoms with Crippen LogP contribution in [0, 0.1) is 0 Å². The van der Waals surface area contributed by atoms with E-state index >= 15 is 0 Å². The molecule has 0 saturated carbocycles. The van der Waals surface area contributed by atoms with E-state index in [-0.39, 0.29) is 18.6 Å². The van der Waals surface area contributed by atoms with Gasteiger partial charge in [0.05, 0.1) is 0 Å². The monoisotopic (exact) mass is 250 g/mol. The average molecular weight is 250 g/mol. The maximum Gasteiger partial charge on any atom is 0.246 e. The Morgan fingerprint density at radius 1 is 1.44 bits per heavy atom. The summed E-state index contributed by atoms with van der Waals surface area (Å²) in [7, 11) is 1.52. The van der Waals surface area contributed by atoms with Gasteiger partial charge in [-0.1, -0.05) is 0 Å². The first-order valence-corrected chi connectivity index (χ1v) is 6.10. The van der Waals surface area contributed by atoms with Gasteiger partial charge in [-0.2, -0.15) is 0 Å². The molecule has 18 heavy (non-hydrogen) atoms. The minimum Gasteiger partial charge on any atom is -0.375 e. The predicted octanol–water partition coefficient (Wildman–Crippen LogP) is 0.208. The second-order valence-corrected chi connectivity index (χ2v) is 4.31. The summed E-state index contributed by atoms with van der Waals surface area (Å²) in [5, 5.41) is 2.96. The minimum absolute atomic E-state index is 0.0492. The number of aromatic nitrogens is 2. The van der Waals surface area contributed by atoms with E-state index in [4.69, 9.17) is 4.74 Å². The summed E-state index contributed by atoms with van der Waals surface area (Å²) in [6, 6.07) is 2.04. The number of methoxy groups -OCH3 is 1.